The highest BCUT2D eigenvalue weighted by Crippen LogP contribution is 2.33. The van der Waals surface area contributed by atoms with Crippen LogP contribution in [0.5, 0.6) is 0 Å². The molecule has 2 aromatic carbocycles. The molecule has 0 unspecified atom stereocenters. The van der Waals surface area contributed by atoms with E-state index in [0.717, 1.165) is 32.4 Å². The molecule has 0 spiro atoms. The first-order valence-electron chi connectivity index (χ1n) is 8.86. The number of amides is 1. The van der Waals surface area contributed by atoms with Crippen molar-refractivity contribution in [2.45, 2.75) is 31.7 Å². The summed E-state index contributed by atoms with van der Waals surface area (Å²) in [5.41, 5.74) is 7.98. The SMILES string of the molecule is NC(=O)CCC1CCN(C(c2ccccc2)c2ccccc2)CC1. The number of hydrogen-bond acceptors (Lipinski definition) is 2. The summed E-state index contributed by atoms with van der Waals surface area (Å²) < 4.78 is 0. The predicted molar refractivity (Wildman–Crippen MR) is 97.5 cm³/mol. The molecule has 126 valence electrons. The highest BCUT2D eigenvalue weighted by molar-refractivity contribution is 5.73. The van der Waals surface area contributed by atoms with Crippen LogP contribution >= 0.6 is 0 Å². The minimum atomic E-state index is -0.177. The van der Waals surface area contributed by atoms with Crippen molar-refractivity contribution in [1.82, 2.24) is 4.90 Å². The first kappa shape index (κ1) is 16.7. The summed E-state index contributed by atoms with van der Waals surface area (Å²) in [6.45, 7) is 2.13. The summed E-state index contributed by atoms with van der Waals surface area (Å²) in [6.07, 6.45) is 3.74. The standard InChI is InChI=1S/C21H26N2O/c22-20(24)12-11-17-13-15-23(16-14-17)21(18-7-3-1-4-8-18)19-9-5-2-6-10-19/h1-10,17,21H,11-16H2,(H2,22,24). The van der Waals surface area contributed by atoms with Gasteiger partial charge in [0.2, 0.25) is 5.91 Å². The van der Waals surface area contributed by atoms with Gasteiger partial charge in [0.15, 0.2) is 0 Å². The monoisotopic (exact) mass is 322 g/mol. The maximum absolute atomic E-state index is 11.0. The van der Waals surface area contributed by atoms with Crippen LogP contribution in [0, 0.1) is 5.92 Å². The van der Waals surface area contributed by atoms with E-state index in [4.69, 9.17) is 5.73 Å². The first-order valence-corrected chi connectivity index (χ1v) is 8.86. The first-order chi connectivity index (χ1) is 11.7. The Morgan fingerprint density at radius 1 is 0.958 bits per heavy atom. The molecule has 3 heteroatoms. The molecule has 1 heterocycles. The van der Waals surface area contributed by atoms with E-state index in [1.807, 2.05) is 0 Å². The molecule has 1 fully saturated rings. The molecular formula is C21H26N2O. The molecule has 1 aliphatic heterocycles. The van der Waals surface area contributed by atoms with Crippen LogP contribution in [0.4, 0.5) is 0 Å². The smallest absolute Gasteiger partial charge is 0.217 e. The summed E-state index contributed by atoms with van der Waals surface area (Å²) >= 11 is 0. The van der Waals surface area contributed by atoms with Gasteiger partial charge in [0.25, 0.3) is 0 Å². The number of primary amides is 1. The zero-order valence-electron chi connectivity index (χ0n) is 14.1. The molecule has 0 radical (unpaired) electrons. The van der Waals surface area contributed by atoms with Crippen LogP contribution in [0.15, 0.2) is 60.7 Å². The number of benzene rings is 2. The molecular weight excluding hydrogens is 296 g/mol. The van der Waals surface area contributed by atoms with Gasteiger partial charge in [0, 0.05) is 6.42 Å². The third-order valence-corrected chi connectivity index (χ3v) is 5.04. The lowest BCUT2D eigenvalue weighted by Crippen LogP contribution is -2.37. The number of nitrogens with two attached hydrogens (primary N) is 1. The second-order valence-electron chi connectivity index (χ2n) is 6.71. The number of likely N-dealkylation sites (tertiary alicyclic amines) is 1. The van der Waals surface area contributed by atoms with Gasteiger partial charge < -0.3 is 5.73 Å². The fourth-order valence-electron chi connectivity index (χ4n) is 3.73. The summed E-state index contributed by atoms with van der Waals surface area (Å²) in [5, 5.41) is 0. The Labute approximate surface area is 144 Å². The Morgan fingerprint density at radius 3 is 1.92 bits per heavy atom. The number of carbonyl (C=O) groups excluding carboxylic acids is 1. The van der Waals surface area contributed by atoms with Crippen LogP contribution in [0.3, 0.4) is 0 Å². The van der Waals surface area contributed by atoms with Gasteiger partial charge in [-0.15, -0.1) is 0 Å². The van der Waals surface area contributed by atoms with E-state index in [0.29, 0.717) is 18.4 Å². The van der Waals surface area contributed by atoms with Gasteiger partial charge >= 0.3 is 0 Å². The van der Waals surface area contributed by atoms with Crippen LogP contribution in [0.25, 0.3) is 0 Å². The number of rotatable bonds is 6. The maximum Gasteiger partial charge on any atom is 0.217 e. The van der Waals surface area contributed by atoms with Gasteiger partial charge in [-0.1, -0.05) is 60.7 Å². The van der Waals surface area contributed by atoms with Crippen molar-refractivity contribution in [3.05, 3.63) is 71.8 Å². The van der Waals surface area contributed by atoms with Crippen molar-refractivity contribution in [2.24, 2.45) is 11.7 Å². The molecule has 3 rings (SSSR count). The van der Waals surface area contributed by atoms with Gasteiger partial charge in [0.1, 0.15) is 0 Å². The second-order valence-corrected chi connectivity index (χ2v) is 6.71. The normalized spacial score (nSPS) is 16.4. The van der Waals surface area contributed by atoms with Crippen molar-refractivity contribution < 1.29 is 4.79 Å². The molecule has 24 heavy (non-hydrogen) atoms. The zero-order chi connectivity index (χ0) is 16.8. The molecule has 2 N–H and O–H groups in total. The molecule has 1 aliphatic rings. The Bertz CT molecular complexity index is 594. The Morgan fingerprint density at radius 2 is 1.46 bits per heavy atom. The molecule has 2 aromatic rings. The predicted octanol–water partition coefficient (Wildman–Crippen LogP) is 3.75. The highest BCUT2D eigenvalue weighted by Gasteiger charge is 2.27. The summed E-state index contributed by atoms with van der Waals surface area (Å²) in [5.74, 6) is 0.449. The molecule has 1 amide bonds. The summed E-state index contributed by atoms with van der Waals surface area (Å²) in [7, 11) is 0. The van der Waals surface area contributed by atoms with Gasteiger partial charge in [-0.3, -0.25) is 9.69 Å². The van der Waals surface area contributed by atoms with E-state index < -0.39 is 0 Å². The third-order valence-electron chi connectivity index (χ3n) is 5.04. The fourth-order valence-corrected chi connectivity index (χ4v) is 3.73. The van der Waals surface area contributed by atoms with E-state index in [1.54, 1.807) is 0 Å². The average molecular weight is 322 g/mol. The lowest BCUT2D eigenvalue weighted by atomic mass is 9.89. The molecule has 0 bridgehead atoms. The quantitative estimate of drug-likeness (QED) is 0.880. The van der Waals surface area contributed by atoms with E-state index in [1.165, 1.54) is 11.1 Å². The van der Waals surface area contributed by atoms with Crippen LogP contribution in [-0.4, -0.2) is 23.9 Å². The lowest BCUT2D eigenvalue weighted by molar-refractivity contribution is -0.118. The van der Waals surface area contributed by atoms with Crippen molar-refractivity contribution in [1.29, 1.82) is 0 Å². The van der Waals surface area contributed by atoms with E-state index in [-0.39, 0.29) is 5.91 Å². The lowest BCUT2D eigenvalue weighted by Gasteiger charge is -2.38. The number of hydrogen-bond donors (Lipinski definition) is 1. The largest absolute Gasteiger partial charge is 0.370 e. The van der Waals surface area contributed by atoms with Crippen LogP contribution in [0.1, 0.15) is 42.9 Å². The minimum absolute atomic E-state index is 0.177. The molecule has 3 nitrogen and oxygen atoms in total. The van der Waals surface area contributed by atoms with Crippen molar-refractivity contribution in [3.63, 3.8) is 0 Å². The zero-order valence-corrected chi connectivity index (χ0v) is 14.1. The molecule has 0 aliphatic carbocycles. The van der Waals surface area contributed by atoms with Gasteiger partial charge in [-0.25, -0.2) is 0 Å². The van der Waals surface area contributed by atoms with E-state index in [2.05, 4.69) is 65.6 Å². The van der Waals surface area contributed by atoms with Gasteiger partial charge in [0.05, 0.1) is 6.04 Å². The highest BCUT2D eigenvalue weighted by atomic mass is 16.1. The van der Waals surface area contributed by atoms with Crippen LogP contribution in [0.2, 0.25) is 0 Å². The summed E-state index contributed by atoms with van der Waals surface area (Å²) in [4.78, 5) is 13.6. The average Bonchev–Trinajstić information content (AvgIpc) is 2.63. The van der Waals surface area contributed by atoms with Crippen molar-refractivity contribution in [3.8, 4) is 0 Å². The van der Waals surface area contributed by atoms with Gasteiger partial charge in [-0.2, -0.15) is 0 Å². The van der Waals surface area contributed by atoms with E-state index >= 15 is 0 Å². The van der Waals surface area contributed by atoms with Crippen molar-refractivity contribution in [2.75, 3.05) is 13.1 Å². The Balaban J connectivity index is 1.73. The molecule has 1 saturated heterocycles. The fraction of sp³-hybridized carbons (Fsp3) is 0.381. The summed E-state index contributed by atoms with van der Waals surface area (Å²) in [6, 6.07) is 21.8. The number of nitrogens with zero attached hydrogens (tertiary/aromatic N) is 1. The van der Waals surface area contributed by atoms with Crippen LogP contribution < -0.4 is 5.73 Å². The van der Waals surface area contributed by atoms with Crippen molar-refractivity contribution >= 4 is 5.91 Å². The Hall–Kier alpha value is -2.13. The minimum Gasteiger partial charge on any atom is -0.370 e. The van der Waals surface area contributed by atoms with E-state index in [9.17, 15) is 4.79 Å². The second kappa shape index (κ2) is 8.11. The third kappa shape index (κ3) is 4.24. The molecule has 0 atom stereocenters. The molecule has 0 saturated carbocycles. The number of carbonyl (C=O) groups is 1. The maximum atomic E-state index is 11.0. The number of piperidine rings is 1. The Kier molecular flexibility index (Phi) is 5.65. The van der Waals surface area contributed by atoms with Crippen LogP contribution in [-0.2, 0) is 4.79 Å². The molecule has 0 aromatic heterocycles. The topological polar surface area (TPSA) is 46.3 Å². The van der Waals surface area contributed by atoms with Gasteiger partial charge in [-0.05, 0) is 49.4 Å².